The molecule has 0 spiro atoms. The topological polar surface area (TPSA) is 130 Å². The maximum Gasteiger partial charge on any atom is 0.250 e. The summed E-state index contributed by atoms with van der Waals surface area (Å²) < 4.78 is 52.7. The van der Waals surface area contributed by atoms with Gasteiger partial charge in [-0.05, 0) is 76.6 Å². The van der Waals surface area contributed by atoms with Gasteiger partial charge in [-0.1, -0.05) is 18.2 Å². The van der Waals surface area contributed by atoms with Crippen LogP contribution in [0.15, 0.2) is 55.8 Å². The third kappa shape index (κ3) is 8.60. The Labute approximate surface area is 189 Å². The highest BCUT2D eigenvalue weighted by Crippen LogP contribution is 2.28. The van der Waals surface area contributed by atoms with Crippen LogP contribution in [0.1, 0.15) is 25.7 Å². The van der Waals surface area contributed by atoms with Crippen molar-refractivity contribution in [2.45, 2.75) is 39.7 Å². The first-order valence-electron chi connectivity index (χ1n) is 10.4. The lowest BCUT2D eigenvalue weighted by Crippen LogP contribution is -2.27. The summed E-state index contributed by atoms with van der Waals surface area (Å²) in [7, 11) is -7.46. The number of unbranched alkanes of at least 4 members (excludes halogenated alkanes) is 1. The molecule has 0 unspecified atom stereocenters. The molecule has 8 nitrogen and oxygen atoms in total. The molecule has 0 bridgehead atoms. The summed E-state index contributed by atoms with van der Waals surface area (Å²) in [6.07, 6.45) is 3.77. The zero-order valence-electron chi connectivity index (χ0n) is 17.5. The molecule has 0 aliphatic rings. The zero-order chi connectivity index (χ0) is 22.6. The van der Waals surface area contributed by atoms with Crippen molar-refractivity contribution in [1.29, 1.82) is 0 Å². The van der Waals surface area contributed by atoms with Crippen molar-refractivity contribution in [3.8, 4) is 0 Å². The Morgan fingerprint density at radius 3 is 2.03 bits per heavy atom. The average molecular weight is 489 g/mol. The molecular formula is C20H32N4O4S3. The molecule has 2 rings (SSSR count). The van der Waals surface area contributed by atoms with E-state index < -0.39 is 19.9 Å². The highest BCUT2D eigenvalue weighted by Gasteiger charge is 2.23. The molecule has 0 aliphatic carbocycles. The van der Waals surface area contributed by atoms with Gasteiger partial charge in [0.1, 0.15) is 4.21 Å². The monoisotopic (exact) mass is 488 g/mol. The summed E-state index contributed by atoms with van der Waals surface area (Å²) in [5.74, 6) is 0. The van der Waals surface area contributed by atoms with Crippen LogP contribution in [0.2, 0.25) is 0 Å². The van der Waals surface area contributed by atoms with Crippen LogP contribution in [-0.4, -0.2) is 56.1 Å². The molecular weight excluding hydrogens is 456 g/mol. The van der Waals surface area contributed by atoms with Gasteiger partial charge in [0, 0.05) is 11.9 Å². The quantitative estimate of drug-likeness (QED) is 0.264. The molecule has 0 aliphatic heterocycles. The number of benzene rings is 1. The summed E-state index contributed by atoms with van der Waals surface area (Å²) >= 11 is 0.904. The number of thiophene rings is 1. The molecule has 0 saturated heterocycles. The Morgan fingerprint density at radius 2 is 1.39 bits per heavy atom. The minimum absolute atomic E-state index is 0.00268. The van der Waals surface area contributed by atoms with Gasteiger partial charge in [-0.3, -0.25) is 0 Å². The van der Waals surface area contributed by atoms with Crippen molar-refractivity contribution in [2.24, 2.45) is 5.73 Å². The van der Waals surface area contributed by atoms with Crippen LogP contribution in [-0.2, 0) is 19.9 Å². The van der Waals surface area contributed by atoms with Crippen molar-refractivity contribution in [1.82, 2.24) is 15.4 Å². The molecule has 31 heavy (non-hydrogen) atoms. The van der Waals surface area contributed by atoms with Crippen molar-refractivity contribution in [3.05, 3.63) is 41.8 Å². The predicted molar refractivity (Wildman–Crippen MR) is 125 cm³/mol. The van der Waals surface area contributed by atoms with Crippen molar-refractivity contribution < 1.29 is 16.8 Å². The molecule has 0 amide bonds. The van der Waals surface area contributed by atoms with Gasteiger partial charge in [0.2, 0.25) is 19.9 Å². The van der Waals surface area contributed by atoms with Crippen LogP contribution in [0.25, 0.3) is 0 Å². The highest BCUT2D eigenvalue weighted by molar-refractivity contribution is 7.93. The SMILES string of the molecule is NCCCNCCCCNCCCNS(=O)(=O)c1cc(S(=O)(=O)c2ccccc2)cs1. The van der Waals surface area contributed by atoms with Gasteiger partial charge in [0.25, 0.3) is 0 Å². The van der Waals surface area contributed by atoms with E-state index in [1.54, 1.807) is 18.2 Å². The Morgan fingerprint density at radius 1 is 0.774 bits per heavy atom. The molecule has 1 heterocycles. The van der Waals surface area contributed by atoms with E-state index in [9.17, 15) is 16.8 Å². The minimum atomic E-state index is -3.74. The smallest absolute Gasteiger partial charge is 0.250 e. The van der Waals surface area contributed by atoms with Crippen molar-refractivity contribution >= 4 is 31.2 Å². The lowest BCUT2D eigenvalue weighted by atomic mass is 10.3. The first-order chi connectivity index (χ1) is 14.9. The van der Waals surface area contributed by atoms with E-state index in [-0.39, 0.29) is 20.5 Å². The second-order valence-electron chi connectivity index (χ2n) is 7.02. The van der Waals surface area contributed by atoms with Gasteiger partial charge in [-0.25, -0.2) is 21.6 Å². The number of nitrogens with one attached hydrogen (secondary N) is 3. The fourth-order valence-corrected chi connectivity index (χ4v) is 6.81. The highest BCUT2D eigenvalue weighted by atomic mass is 32.2. The predicted octanol–water partition coefficient (Wildman–Crippen LogP) is 1.56. The second kappa shape index (κ2) is 13.3. The van der Waals surface area contributed by atoms with Crippen molar-refractivity contribution in [3.63, 3.8) is 0 Å². The molecule has 5 N–H and O–H groups in total. The maximum absolute atomic E-state index is 12.6. The largest absolute Gasteiger partial charge is 0.330 e. The van der Waals surface area contributed by atoms with Gasteiger partial charge in [0.05, 0.1) is 9.79 Å². The summed E-state index contributed by atoms with van der Waals surface area (Å²) in [6.45, 7) is 4.52. The van der Waals surface area contributed by atoms with Crippen LogP contribution in [0.4, 0.5) is 0 Å². The zero-order valence-corrected chi connectivity index (χ0v) is 20.0. The Hall–Kier alpha value is -1.34. The van der Waals surface area contributed by atoms with Gasteiger partial charge < -0.3 is 16.4 Å². The van der Waals surface area contributed by atoms with E-state index in [4.69, 9.17) is 5.73 Å². The van der Waals surface area contributed by atoms with E-state index in [2.05, 4.69) is 15.4 Å². The van der Waals surface area contributed by atoms with E-state index in [1.165, 1.54) is 23.6 Å². The standard InChI is InChI=1S/C20H32N4O4S3/c21-10-6-13-22-11-4-5-12-23-14-7-15-24-31(27,28)20-16-19(17-29-20)30(25,26)18-8-2-1-3-9-18/h1-3,8-9,16-17,22-24H,4-7,10-15,21H2. The van der Waals surface area contributed by atoms with E-state index >= 15 is 0 Å². The number of sulfone groups is 1. The third-order valence-corrected chi connectivity index (χ3v) is 9.32. The summed E-state index contributed by atoms with van der Waals surface area (Å²) in [4.78, 5) is 0.130. The molecule has 0 atom stereocenters. The number of rotatable bonds is 16. The number of nitrogens with two attached hydrogens (primary N) is 1. The van der Waals surface area contributed by atoms with Crippen LogP contribution >= 0.6 is 11.3 Å². The lowest BCUT2D eigenvalue weighted by Gasteiger charge is -2.07. The molecule has 0 radical (unpaired) electrons. The maximum atomic E-state index is 12.6. The Bertz CT molecular complexity index is 977. The second-order valence-corrected chi connectivity index (χ2v) is 11.9. The van der Waals surface area contributed by atoms with Gasteiger partial charge in [0.15, 0.2) is 0 Å². The Balaban J connectivity index is 1.69. The lowest BCUT2D eigenvalue weighted by molar-refractivity contribution is 0.559. The Kier molecular flexibility index (Phi) is 11.1. The molecule has 0 saturated carbocycles. The first-order valence-corrected chi connectivity index (χ1v) is 14.2. The van der Waals surface area contributed by atoms with Gasteiger partial charge in [-0.2, -0.15) is 0 Å². The molecule has 2 aromatic rings. The van der Waals surface area contributed by atoms with E-state index in [0.29, 0.717) is 19.5 Å². The number of hydrogen-bond acceptors (Lipinski definition) is 8. The molecule has 1 aromatic carbocycles. The van der Waals surface area contributed by atoms with Gasteiger partial charge >= 0.3 is 0 Å². The minimum Gasteiger partial charge on any atom is -0.330 e. The third-order valence-electron chi connectivity index (χ3n) is 4.52. The van der Waals surface area contributed by atoms with Crippen LogP contribution in [0, 0.1) is 0 Å². The summed E-state index contributed by atoms with van der Waals surface area (Å²) in [5.41, 5.74) is 5.43. The molecule has 0 fully saturated rings. The fourth-order valence-electron chi connectivity index (χ4n) is 2.79. The van der Waals surface area contributed by atoms with E-state index in [1.807, 2.05) is 0 Å². The summed E-state index contributed by atoms with van der Waals surface area (Å²) in [6, 6.07) is 9.19. The van der Waals surface area contributed by atoms with Gasteiger partial charge in [-0.15, -0.1) is 11.3 Å². The number of hydrogen-bond donors (Lipinski definition) is 4. The normalized spacial score (nSPS) is 12.3. The molecule has 174 valence electrons. The molecule has 1 aromatic heterocycles. The summed E-state index contributed by atoms with van der Waals surface area (Å²) in [5, 5.41) is 7.99. The first kappa shape index (κ1) is 25.9. The van der Waals surface area contributed by atoms with E-state index in [0.717, 1.165) is 50.2 Å². The number of sulfonamides is 1. The average Bonchev–Trinajstić information content (AvgIpc) is 3.27. The van der Waals surface area contributed by atoms with Crippen LogP contribution < -0.4 is 21.1 Å². The fraction of sp³-hybridized carbons (Fsp3) is 0.500. The van der Waals surface area contributed by atoms with Crippen LogP contribution in [0.3, 0.4) is 0 Å². The van der Waals surface area contributed by atoms with Crippen molar-refractivity contribution in [2.75, 3.05) is 39.3 Å². The van der Waals surface area contributed by atoms with Crippen LogP contribution in [0.5, 0.6) is 0 Å². The molecule has 11 heteroatoms.